The van der Waals surface area contributed by atoms with E-state index in [0.717, 1.165) is 94.9 Å². The topological polar surface area (TPSA) is 90.1 Å². The first-order valence-electron chi connectivity index (χ1n) is 22.8. The molecule has 6 aromatic heterocycles. The number of hydrogen-bond donors (Lipinski definition) is 1. The molecule has 9 heteroatoms. The van der Waals surface area contributed by atoms with Gasteiger partial charge < -0.3 is 4.98 Å². The molecule has 7 aromatic carbocycles. The Morgan fingerprint density at radius 2 is 1.04 bits per heavy atom. The summed E-state index contributed by atoms with van der Waals surface area (Å²) < 4.78 is 5.18. The number of nitrogens with zero attached hydrogens (tertiary/aromatic N) is 7. The number of imidazole rings is 2. The molecule has 0 fully saturated rings. The molecule has 0 saturated heterocycles. The third-order valence-electron chi connectivity index (χ3n) is 12.6. The molecule has 0 spiro atoms. The van der Waals surface area contributed by atoms with Crippen LogP contribution in [0.2, 0.25) is 0 Å². The second-order valence-electron chi connectivity index (χ2n) is 16.7. The van der Waals surface area contributed by atoms with Gasteiger partial charge in [0.2, 0.25) is 0 Å². The zero-order valence-electron chi connectivity index (χ0n) is 37.2. The summed E-state index contributed by atoms with van der Waals surface area (Å²) in [6.45, 7) is 0. The summed E-state index contributed by atoms with van der Waals surface area (Å²) >= 11 is 3.35. The van der Waals surface area contributed by atoms with Gasteiger partial charge in [0.05, 0.1) is 51.0 Å². The first kappa shape index (κ1) is 41.6. The molecular weight excluding hydrogens is 913 g/mol. The molecule has 1 aliphatic carbocycles. The Morgan fingerprint density at radius 1 is 0.435 bits per heavy atom. The average Bonchev–Trinajstić information content (AvgIpc) is 4.23. The molecule has 0 radical (unpaired) electrons. The fourth-order valence-corrected chi connectivity index (χ4v) is 9.74. The summed E-state index contributed by atoms with van der Waals surface area (Å²) in [7, 11) is 0. The zero-order valence-corrected chi connectivity index (χ0v) is 38.7. The molecule has 1 aliphatic rings. The number of aromatic nitrogens is 8. The Kier molecular flexibility index (Phi) is 10.9. The Hall–Kier alpha value is -8.79. The Morgan fingerprint density at radius 3 is 1.75 bits per heavy atom. The van der Waals surface area contributed by atoms with Crippen molar-refractivity contribution in [3.8, 4) is 56.5 Å². The molecule has 0 atom stereocenters. The summed E-state index contributed by atoms with van der Waals surface area (Å²) in [5.74, 6) is 1.69. The van der Waals surface area contributed by atoms with Crippen LogP contribution in [0, 0.1) is 0 Å². The number of H-pyrrole nitrogens is 1. The van der Waals surface area contributed by atoms with Crippen molar-refractivity contribution in [2.24, 2.45) is 0 Å². The van der Waals surface area contributed by atoms with E-state index in [1.807, 2.05) is 97.3 Å². The molecule has 69 heavy (non-hydrogen) atoms. The van der Waals surface area contributed by atoms with Crippen molar-refractivity contribution in [1.29, 1.82) is 0 Å². The van der Waals surface area contributed by atoms with Gasteiger partial charge in [-0.05, 0) is 98.8 Å². The highest BCUT2D eigenvalue weighted by atomic mass is 79.9. The first-order valence-corrected chi connectivity index (χ1v) is 23.6. The predicted octanol–water partition coefficient (Wildman–Crippen LogP) is 14.9. The zero-order chi connectivity index (χ0) is 46.1. The van der Waals surface area contributed by atoms with E-state index in [0.29, 0.717) is 0 Å². The summed E-state index contributed by atoms with van der Waals surface area (Å²) in [6.07, 6.45) is 4.65. The highest BCUT2D eigenvalue weighted by Gasteiger charge is 2.22. The number of pyridine rings is 3. The molecule has 0 saturated carbocycles. The smallest absolute Gasteiger partial charge is 0.139 e. The normalized spacial score (nSPS) is 11.5. The third-order valence-corrected chi connectivity index (χ3v) is 13.0. The maximum atomic E-state index is 5.12. The van der Waals surface area contributed by atoms with Gasteiger partial charge in [-0.25, -0.2) is 24.9 Å². The number of aromatic amines is 1. The maximum Gasteiger partial charge on any atom is 0.139 e. The molecule has 1 N–H and O–H groups in total. The summed E-state index contributed by atoms with van der Waals surface area (Å²) in [5.41, 5.74) is 17.9. The minimum absolute atomic E-state index is 0.829. The average molecular weight is 954 g/mol. The second-order valence-corrected chi connectivity index (χ2v) is 17.5. The van der Waals surface area contributed by atoms with Crippen molar-refractivity contribution in [2.75, 3.05) is 0 Å². The van der Waals surface area contributed by atoms with Crippen molar-refractivity contribution in [2.45, 2.75) is 6.42 Å². The molecule has 0 amide bonds. The van der Waals surface area contributed by atoms with Crippen LogP contribution in [0.1, 0.15) is 11.1 Å². The van der Waals surface area contributed by atoms with E-state index in [2.05, 4.69) is 167 Å². The maximum absolute atomic E-state index is 5.12. The lowest BCUT2D eigenvalue weighted by Gasteiger charge is -2.10. The lowest BCUT2D eigenvalue weighted by atomic mass is 10.1. The lowest BCUT2D eigenvalue weighted by Crippen LogP contribution is -1.99. The molecule has 0 bridgehead atoms. The minimum atomic E-state index is 0.829. The lowest BCUT2D eigenvalue weighted by molar-refractivity contribution is 1.02. The molecule has 328 valence electrons. The van der Waals surface area contributed by atoms with E-state index >= 15 is 0 Å². The molecule has 14 rings (SSSR count). The van der Waals surface area contributed by atoms with E-state index in [1.54, 1.807) is 6.33 Å². The van der Waals surface area contributed by atoms with Gasteiger partial charge in [0.1, 0.15) is 28.1 Å². The predicted molar refractivity (Wildman–Crippen MR) is 284 cm³/mol. The Labute approximate surface area is 406 Å². The monoisotopic (exact) mass is 952 g/mol. The van der Waals surface area contributed by atoms with Crippen LogP contribution in [0.4, 0.5) is 0 Å². The van der Waals surface area contributed by atoms with E-state index in [4.69, 9.17) is 15.0 Å². The van der Waals surface area contributed by atoms with Crippen LogP contribution in [-0.2, 0) is 6.42 Å². The van der Waals surface area contributed by atoms with E-state index in [-0.39, 0.29) is 0 Å². The molecule has 13 aromatic rings. The number of benzene rings is 7. The van der Waals surface area contributed by atoms with Crippen LogP contribution in [0.3, 0.4) is 0 Å². The number of halogens is 1. The van der Waals surface area contributed by atoms with Crippen molar-refractivity contribution in [3.05, 3.63) is 247 Å². The summed E-state index contributed by atoms with van der Waals surface area (Å²) in [6, 6.07) is 74.6. The van der Waals surface area contributed by atoms with Crippen molar-refractivity contribution in [1.82, 2.24) is 39.0 Å². The highest BCUT2D eigenvalue weighted by molar-refractivity contribution is 9.10. The quantitative estimate of drug-likeness (QED) is 0.174. The van der Waals surface area contributed by atoms with Crippen LogP contribution in [0.25, 0.3) is 100 Å². The number of hydrogen-bond acceptors (Lipinski definition) is 5. The van der Waals surface area contributed by atoms with Gasteiger partial charge in [-0.2, -0.15) is 0 Å². The molecule has 8 nitrogen and oxygen atoms in total. The standard InChI is InChI=1S/C35H23N5.C14H10N2.C11H8BrN/c1-3-11-24(12-4-1)28-16-9-19-32(37-28)39-23-36-34-31(39)22-21-27-26-15-7-8-18-30(26)40(35(27)34)33-20-10-17-29(38-33)25-13-5-2-6-14-25;1-2-4-10-9(3-1)7-12-11(10)5-6-13-14(12)16-8-15-13;12-11-8-4-7-10(13-11)9-5-2-1-3-6-9/h1-23H;1-6,8H,7H2,(H,15,16);1-8H. The van der Waals surface area contributed by atoms with E-state index < -0.39 is 0 Å². The van der Waals surface area contributed by atoms with Crippen LogP contribution in [-0.4, -0.2) is 39.0 Å². The van der Waals surface area contributed by atoms with Crippen molar-refractivity contribution < 1.29 is 0 Å². The van der Waals surface area contributed by atoms with Gasteiger partial charge >= 0.3 is 0 Å². The van der Waals surface area contributed by atoms with Gasteiger partial charge in [-0.3, -0.25) is 9.13 Å². The largest absolute Gasteiger partial charge is 0.345 e. The Bertz CT molecular complexity index is 3950. The fraction of sp³-hybridized carbons (Fsp3) is 0.0167. The SMILES string of the molecule is Brc1cccc(-c2ccccc2)n1.c1ccc(-c2cccc(-n3cnc4c3ccc3c5ccccc5n(-c5cccc(-c6ccccc6)n5)c34)n2)cc1.c1ccc2c(c1)Cc1c-2ccc2[nH]cnc12. The number of nitrogens with one attached hydrogen (secondary N) is 1. The van der Waals surface area contributed by atoms with Gasteiger partial charge in [-0.15, -0.1) is 0 Å². The first-order chi connectivity index (χ1) is 34.1. The summed E-state index contributed by atoms with van der Waals surface area (Å²) in [5, 5.41) is 2.32. The minimum Gasteiger partial charge on any atom is -0.345 e. The number of fused-ring (bicyclic) bond motifs is 10. The van der Waals surface area contributed by atoms with E-state index in [1.165, 1.54) is 27.6 Å². The van der Waals surface area contributed by atoms with Crippen LogP contribution >= 0.6 is 15.9 Å². The molecule has 0 aliphatic heterocycles. The summed E-state index contributed by atoms with van der Waals surface area (Å²) in [4.78, 5) is 27.0. The van der Waals surface area contributed by atoms with Crippen LogP contribution in [0.5, 0.6) is 0 Å². The fourth-order valence-electron chi connectivity index (χ4n) is 9.40. The van der Waals surface area contributed by atoms with Gasteiger partial charge in [-0.1, -0.05) is 158 Å². The van der Waals surface area contributed by atoms with Crippen molar-refractivity contribution in [3.63, 3.8) is 0 Å². The Balaban J connectivity index is 0.000000137. The second kappa shape index (κ2) is 18.1. The number of rotatable bonds is 5. The van der Waals surface area contributed by atoms with Gasteiger partial charge in [0, 0.05) is 33.9 Å². The van der Waals surface area contributed by atoms with Gasteiger partial charge in [0.15, 0.2) is 0 Å². The molecule has 6 heterocycles. The molecular formula is C60H41BrN8. The highest BCUT2D eigenvalue weighted by Crippen LogP contribution is 2.40. The van der Waals surface area contributed by atoms with Crippen LogP contribution in [0.15, 0.2) is 236 Å². The number of para-hydroxylation sites is 1. The van der Waals surface area contributed by atoms with Crippen molar-refractivity contribution >= 4 is 59.8 Å². The molecule has 0 unspecified atom stereocenters. The van der Waals surface area contributed by atoms with Crippen LogP contribution < -0.4 is 0 Å². The third kappa shape index (κ3) is 7.94. The van der Waals surface area contributed by atoms with Gasteiger partial charge in [0.25, 0.3) is 0 Å². The van der Waals surface area contributed by atoms with E-state index in [9.17, 15) is 0 Å².